The highest BCUT2D eigenvalue weighted by molar-refractivity contribution is 6.33. The summed E-state index contributed by atoms with van der Waals surface area (Å²) in [6.07, 6.45) is 0. The average molecular weight is 451 g/mol. The van der Waals surface area contributed by atoms with Gasteiger partial charge in [0.25, 0.3) is 0 Å². The van der Waals surface area contributed by atoms with E-state index in [1.54, 1.807) is 66.7 Å². The van der Waals surface area contributed by atoms with E-state index in [2.05, 4.69) is 0 Å². The summed E-state index contributed by atoms with van der Waals surface area (Å²) in [6.45, 7) is -0.379. The van der Waals surface area contributed by atoms with E-state index in [-0.39, 0.29) is 29.3 Å². The topological polar surface area (TPSA) is 75.0 Å². The molecule has 6 nitrogen and oxygen atoms in total. The molecule has 0 fully saturated rings. The Morgan fingerprint density at radius 3 is 2.41 bits per heavy atom. The van der Waals surface area contributed by atoms with Crippen LogP contribution in [0.2, 0.25) is 5.02 Å². The van der Waals surface area contributed by atoms with E-state index >= 15 is 0 Å². The second-order valence-electron chi connectivity index (χ2n) is 6.85. The summed E-state index contributed by atoms with van der Waals surface area (Å²) < 4.78 is 22.2. The first kappa shape index (κ1) is 21.5. The molecular weight excluding hydrogens is 432 g/mol. The van der Waals surface area contributed by atoms with Crippen LogP contribution in [0.4, 0.5) is 0 Å². The van der Waals surface area contributed by atoms with E-state index in [0.717, 1.165) is 0 Å². The van der Waals surface area contributed by atoms with Crippen LogP contribution in [0.15, 0.2) is 75.9 Å². The van der Waals surface area contributed by atoms with Gasteiger partial charge in [-0.25, -0.2) is 0 Å². The number of rotatable bonds is 7. The normalized spacial score (nSPS) is 10.7. The summed E-state index contributed by atoms with van der Waals surface area (Å²) in [5.74, 6) is 0.662. The first-order chi connectivity index (χ1) is 15.5. The van der Waals surface area contributed by atoms with Crippen molar-refractivity contribution in [2.24, 2.45) is 0 Å². The number of Topliss-reactive ketones (excluding diaryl/α,β-unsaturated/α-hetero) is 1. The molecule has 3 aromatic carbocycles. The molecule has 4 aromatic rings. The minimum atomic E-state index is -0.387. The second kappa shape index (κ2) is 9.16. The molecule has 0 aliphatic rings. The average Bonchev–Trinajstić information content (AvgIpc) is 2.83. The van der Waals surface area contributed by atoms with Gasteiger partial charge in [-0.2, -0.15) is 0 Å². The standard InChI is InChI=1S/C25H19ClO6/c1-29-21-12-11-15(13-22(21)30-2)19(27)14-31-25-23(28)17-8-4-6-10-20(17)32-24(25)16-7-3-5-9-18(16)26/h3-13H,14H2,1-2H3. The van der Waals surface area contributed by atoms with Crippen molar-refractivity contribution in [2.45, 2.75) is 0 Å². The van der Waals surface area contributed by atoms with Gasteiger partial charge in [-0.1, -0.05) is 35.9 Å². The van der Waals surface area contributed by atoms with Crippen LogP contribution in [-0.4, -0.2) is 26.6 Å². The predicted molar refractivity (Wildman–Crippen MR) is 122 cm³/mol. The molecule has 0 aliphatic carbocycles. The van der Waals surface area contributed by atoms with Gasteiger partial charge in [0.1, 0.15) is 5.58 Å². The molecule has 162 valence electrons. The van der Waals surface area contributed by atoms with Gasteiger partial charge in [-0.05, 0) is 42.5 Å². The number of ketones is 1. The molecule has 0 aliphatic heterocycles. The number of carbonyl (C=O) groups excluding carboxylic acids is 1. The molecular formula is C25H19ClO6. The Bertz CT molecular complexity index is 1360. The van der Waals surface area contributed by atoms with E-state index in [0.29, 0.717) is 38.6 Å². The summed E-state index contributed by atoms with van der Waals surface area (Å²) in [7, 11) is 3.00. The molecule has 0 N–H and O–H groups in total. The zero-order valence-corrected chi connectivity index (χ0v) is 18.1. The van der Waals surface area contributed by atoms with E-state index < -0.39 is 0 Å². The van der Waals surface area contributed by atoms with Crippen LogP contribution >= 0.6 is 11.6 Å². The second-order valence-corrected chi connectivity index (χ2v) is 7.25. The number of halogens is 1. The Balaban J connectivity index is 1.73. The van der Waals surface area contributed by atoms with Crippen molar-refractivity contribution in [1.82, 2.24) is 0 Å². The van der Waals surface area contributed by atoms with E-state index in [1.807, 2.05) is 0 Å². The molecule has 0 saturated carbocycles. The fourth-order valence-electron chi connectivity index (χ4n) is 3.31. The minimum Gasteiger partial charge on any atom is -0.493 e. The van der Waals surface area contributed by atoms with Crippen LogP contribution < -0.4 is 19.6 Å². The van der Waals surface area contributed by atoms with Crippen LogP contribution in [0.5, 0.6) is 17.2 Å². The van der Waals surface area contributed by atoms with Crippen molar-refractivity contribution in [3.63, 3.8) is 0 Å². The first-order valence-electron chi connectivity index (χ1n) is 9.72. The number of para-hydroxylation sites is 1. The Hall–Kier alpha value is -3.77. The van der Waals surface area contributed by atoms with Crippen molar-refractivity contribution < 1.29 is 23.4 Å². The third-order valence-corrected chi connectivity index (χ3v) is 5.26. The van der Waals surface area contributed by atoms with Crippen LogP contribution in [0.25, 0.3) is 22.3 Å². The highest BCUT2D eigenvalue weighted by Crippen LogP contribution is 2.35. The molecule has 4 rings (SSSR count). The SMILES string of the molecule is COc1ccc(C(=O)COc2c(-c3ccccc3Cl)oc3ccccc3c2=O)cc1OC. The Kier molecular flexibility index (Phi) is 6.14. The molecule has 0 unspecified atom stereocenters. The van der Waals surface area contributed by atoms with Crippen molar-refractivity contribution >= 4 is 28.4 Å². The van der Waals surface area contributed by atoms with E-state index in [9.17, 15) is 9.59 Å². The van der Waals surface area contributed by atoms with Gasteiger partial charge >= 0.3 is 0 Å². The van der Waals surface area contributed by atoms with Gasteiger partial charge < -0.3 is 18.6 Å². The van der Waals surface area contributed by atoms with Gasteiger partial charge in [0.15, 0.2) is 29.6 Å². The molecule has 32 heavy (non-hydrogen) atoms. The number of fused-ring (bicyclic) bond motifs is 1. The third-order valence-electron chi connectivity index (χ3n) is 4.93. The van der Waals surface area contributed by atoms with Crippen LogP contribution in [0.1, 0.15) is 10.4 Å². The molecule has 0 saturated heterocycles. The molecule has 0 amide bonds. The lowest BCUT2D eigenvalue weighted by molar-refractivity contribution is 0.0920. The number of ether oxygens (including phenoxy) is 3. The Morgan fingerprint density at radius 2 is 1.66 bits per heavy atom. The number of hydrogen-bond acceptors (Lipinski definition) is 6. The lowest BCUT2D eigenvalue weighted by Gasteiger charge is -2.13. The van der Waals surface area contributed by atoms with E-state index in [1.165, 1.54) is 14.2 Å². The fourth-order valence-corrected chi connectivity index (χ4v) is 3.53. The molecule has 0 spiro atoms. The zero-order valence-electron chi connectivity index (χ0n) is 17.4. The predicted octanol–water partition coefficient (Wildman–Crippen LogP) is 5.39. The van der Waals surface area contributed by atoms with Gasteiger partial charge in [0.2, 0.25) is 11.2 Å². The van der Waals surface area contributed by atoms with Gasteiger partial charge in [-0.15, -0.1) is 0 Å². The monoisotopic (exact) mass is 450 g/mol. The summed E-state index contributed by atoms with van der Waals surface area (Å²) in [6, 6.07) is 18.6. The Morgan fingerprint density at radius 1 is 0.938 bits per heavy atom. The number of benzene rings is 3. The van der Waals surface area contributed by atoms with E-state index in [4.69, 9.17) is 30.2 Å². The zero-order chi connectivity index (χ0) is 22.7. The molecule has 7 heteroatoms. The van der Waals surface area contributed by atoms with Crippen molar-refractivity contribution in [3.05, 3.63) is 87.5 Å². The van der Waals surface area contributed by atoms with Crippen LogP contribution in [0, 0.1) is 0 Å². The lowest BCUT2D eigenvalue weighted by atomic mass is 10.1. The largest absolute Gasteiger partial charge is 0.493 e. The number of carbonyl (C=O) groups is 1. The maximum Gasteiger partial charge on any atom is 0.235 e. The molecule has 0 radical (unpaired) electrons. The maximum atomic E-state index is 13.2. The van der Waals surface area contributed by atoms with Crippen molar-refractivity contribution in [1.29, 1.82) is 0 Å². The maximum absolute atomic E-state index is 13.2. The summed E-state index contributed by atoms with van der Waals surface area (Å²) in [4.78, 5) is 26.0. The van der Waals surface area contributed by atoms with Gasteiger partial charge in [-0.3, -0.25) is 9.59 Å². The summed E-state index contributed by atoms with van der Waals surface area (Å²) in [5, 5.41) is 0.735. The van der Waals surface area contributed by atoms with Crippen LogP contribution in [-0.2, 0) is 0 Å². The fraction of sp³-hybridized carbons (Fsp3) is 0.120. The summed E-state index contributed by atoms with van der Waals surface area (Å²) >= 11 is 6.34. The third kappa shape index (κ3) is 4.05. The van der Waals surface area contributed by atoms with Crippen LogP contribution in [0.3, 0.4) is 0 Å². The Labute approximate surface area is 188 Å². The number of methoxy groups -OCH3 is 2. The lowest BCUT2D eigenvalue weighted by Crippen LogP contribution is -2.17. The van der Waals surface area contributed by atoms with Gasteiger partial charge in [0, 0.05) is 11.1 Å². The highest BCUT2D eigenvalue weighted by atomic mass is 35.5. The van der Waals surface area contributed by atoms with Crippen molar-refractivity contribution in [3.8, 4) is 28.6 Å². The number of hydrogen-bond donors (Lipinski definition) is 0. The summed E-state index contributed by atoms with van der Waals surface area (Å²) in [5.41, 5.74) is 0.852. The van der Waals surface area contributed by atoms with Gasteiger partial charge in [0.05, 0.1) is 24.6 Å². The molecule has 0 bridgehead atoms. The first-order valence-corrected chi connectivity index (χ1v) is 10.1. The highest BCUT2D eigenvalue weighted by Gasteiger charge is 2.21. The quantitative estimate of drug-likeness (QED) is 0.351. The molecule has 1 aromatic heterocycles. The molecule has 0 atom stereocenters. The van der Waals surface area contributed by atoms with Crippen molar-refractivity contribution in [2.75, 3.05) is 20.8 Å². The smallest absolute Gasteiger partial charge is 0.235 e. The molecule has 1 heterocycles. The minimum absolute atomic E-state index is 0.0781.